The fourth-order valence-electron chi connectivity index (χ4n) is 3.86. The second kappa shape index (κ2) is 12.0. The van der Waals surface area contributed by atoms with Gasteiger partial charge in [-0.15, -0.1) is 11.8 Å². The summed E-state index contributed by atoms with van der Waals surface area (Å²) < 4.78 is 5.82. The third-order valence-corrected chi connectivity index (χ3v) is 6.45. The van der Waals surface area contributed by atoms with Crippen LogP contribution in [0.4, 0.5) is 21.9 Å². The van der Waals surface area contributed by atoms with Crippen molar-refractivity contribution in [3.63, 3.8) is 0 Å². The number of carbonyl (C=O) groups is 2. The molecule has 188 valence electrons. The number of thioether (sulfide) groups is 1. The summed E-state index contributed by atoms with van der Waals surface area (Å²) in [6.07, 6.45) is 3.87. The Morgan fingerprint density at radius 2 is 1.65 bits per heavy atom. The number of hydrogen-bond acceptors (Lipinski definition) is 6. The molecule has 0 aliphatic carbocycles. The van der Waals surface area contributed by atoms with Gasteiger partial charge >= 0.3 is 6.09 Å². The van der Waals surface area contributed by atoms with E-state index in [1.54, 1.807) is 72.4 Å². The number of nitrogen functional groups attached to an aromatic ring is 1. The summed E-state index contributed by atoms with van der Waals surface area (Å²) in [5.41, 5.74) is 8.18. The maximum Gasteiger partial charge on any atom is 0.412 e. The number of benzene rings is 4. The molecule has 0 bridgehead atoms. The highest BCUT2D eigenvalue weighted by atomic mass is 32.2. The molecule has 4 aromatic rings. The van der Waals surface area contributed by atoms with Crippen molar-refractivity contribution >= 4 is 51.6 Å². The van der Waals surface area contributed by atoms with Crippen molar-refractivity contribution in [2.75, 3.05) is 22.6 Å². The lowest BCUT2D eigenvalue weighted by molar-refractivity contribution is -0.111. The van der Waals surface area contributed by atoms with Gasteiger partial charge in [-0.1, -0.05) is 48.5 Å². The molecule has 0 radical (unpaired) electrons. The molecule has 5 N–H and O–H groups in total. The van der Waals surface area contributed by atoms with Crippen LogP contribution in [0.15, 0.2) is 102 Å². The minimum atomic E-state index is -0.721. The Kier molecular flexibility index (Phi) is 8.33. The Hall–Kier alpha value is -4.43. The predicted molar refractivity (Wildman–Crippen MR) is 150 cm³/mol. The third-order valence-electron chi connectivity index (χ3n) is 5.71. The topological polar surface area (TPSA) is 114 Å². The van der Waals surface area contributed by atoms with Gasteiger partial charge in [-0.2, -0.15) is 0 Å². The predicted octanol–water partition coefficient (Wildman–Crippen LogP) is 6.72. The van der Waals surface area contributed by atoms with Crippen molar-refractivity contribution in [3.8, 4) is 5.75 Å². The SMILES string of the molecule is CSc1ccc(NC(=O)O[C@H](C/C=C/C(=O)Nc2ccccc2N)c2ccc(O)c3ccccc23)cc1. The number of fused-ring (bicyclic) bond motifs is 1. The summed E-state index contributed by atoms with van der Waals surface area (Å²) in [5.74, 6) is -0.225. The molecule has 0 saturated carbocycles. The van der Waals surface area contributed by atoms with E-state index in [0.29, 0.717) is 28.0 Å². The summed E-state index contributed by atoms with van der Waals surface area (Å²) in [5, 5.41) is 17.2. The molecule has 2 amide bonds. The smallest absolute Gasteiger partial charge is 0.412 e. The van der Waals surface area contributed by atoms with Gasteiger partial charge in [-0.05, 0) is 60.2 Å². The molecule has 0 unspecified atom stereocenters. The van der Waals surface area contributed by atoms with E-state index in [1.807, 2.05) is 36.6 Å². The molecule has 0 aliphatic heterocycles. The zero-order valence-electron chi connectivity index (χ0n) is 20.2. The van der Waals surface area contributed by atoms with Crippen LogP contribution in [0.1, 0.15) is 18.1 Å². The molecular weight excluding hydrogens is 486 g/mol. The number of anilines is 3. The van der Waals surface area contributed by atoms with Gasteiger partial charge in [0, 0.05) is 28.0 Å². The molecule has 0 saturated heterocycles. The lowest BCUT2D eigenvalue weighted by Gasteiger charge is -2.20. The summed E-state index contributed by atoms with van der Waals surface area (Å²) in [7, 11) is 0. The van der Waals surface area contributed by atoms with E-state index in [4.69, 9.17) is 10.5 Å². The number of aromatic hydroxyl groups is 1. The highest BCUT2D eigenvalue weighted by molar-refractivity contribution is 7.98. The zero-order valence-corrected chi connectivity index (χ0v) is 21.0. The molecule has 4 aromatic carbocycles. The number of para-hydroxylation sites is 2. The van der Waals surface area contributed by atoms with Gasteiger partial charge in [-0.25, -0.2) is 4.79 Å². The number of rotatable bonds is 8. The van der Waals surface area contributed by atoms with Crippen molar-refractivity contribution in [2.24, 2.45) is 0 Å². The Labute approximate surface area is 219 Å². The Morgan fingerprint density at radius 3 is 2.38 bits per heavy atom. The number of nitrogens with one attached hydrogen (secondary N) is 2. The van der Waals surface area contributed by atoms with Gasteiger partial charge in [0.1, 0.15) is 11.9 Å². The first-order valence-electron chi connectivity index (χ1n) is 11.6. The minimum Gasteiger partial charge on any atom is -0.507 e. The van der Waals surface area contributed by atoms with Crippen molar-refractivity contribution < 1.29 is 19.4 Å². The first-order chi connectivity index (χ1) is 17.9. The summed E-state index contributed by atoms with van der Waals surface area (Å²) in [6, 6.07) is 25.0. The highest BCUT2D eigenvalue weighted by Crippen LogP contribution is 2.34. The maximum atomic E-state index is 12.8. The average molecular weight is 514 g/mol. The van der Waals surface area contributed by atoms with Gasteiger partial charge in [0.25, 0.3) is 0 Å². The molecule has 8 heteroatoms. The average Bonchev–Trinajstić information content (AvgIpc) is 2.90. The largest absolute Gasteiger partial charge is 0.507 e. The molecule has 7 nitrogen and oxygen atoms in total. The molecule has 4 rings (SSSR count). The molecule has 0 spiro atoms. The molecule has 1 atom stereocenters. The third kappa shape index (κ3) is 6.62. The molecular formula is C29H27N3O4S. The number of phenolic OH excluding ortho intramolecular Hbond substituents is 1. The minimum absolute atomic E-state index is 0.131. The standard InChI is InChI=1S/C29H27N3O4S/c1-37-20-15-13-19(14-16-20)31-29(35)36-27(23-17-18-26(33)22-8-3-2-7-21(22)23)11-6-12-28(34)32-25-10-5-4-9-24(25)30/h2-10,12-18,27,33H,11,30H2,1H3,(H,31,35)(H,32,34)/b12-6+/t27-/m1/s1. The van der Waals surface area contributed by atoms with E-state index >= 15 is 0 Å². The Balaban J connectivity index is 1.54. The second-order valence-corrected chi connectivity index (χ2v) is 9.06. The van der Waals surface area contributed by atoms with Crippen LogP contribution in [0, 0.1) is 0 Å². The van der Waals surface area contributed by atoms with Gasteiger partial charge in [-0.3, -0.25) is 10.1 Å². The van der Waals surface area contributed by atoms with E-state index in [2.05, 4.69) is 10.6 Å². The van der Waals surface area contributed by atoms with Gasteiger partial charge in [0.15, 0.2) is 0 Å². The van der Waals surface area contributed by atoms with E-state index in [0.717, 1.165) is 10.3 Å². The zero-order chi connectivity index (χ0) is 26.2. The monoisotopic (exact) mass is 513 g/mol. The Bertz CT molecular complexity index is 1440. The van der Waals surface area contributed by atoms with Crippen molar-refractivity contribution in [1.82, 2.24) is 0 Å². The van der Waals surface area contributed by atoms with Crippen LogP contribution in [0.2, 0.25) is 0 Å². The molecule has 0 aromatic heterocycles. The van der Waals surface area contributed by atoms with Crippen molar-refractivity contribution in [1.29, 1.82) is 0 Å². The van der Waals surface area contributed by atoms with Crippen LogP contribution in [0.25, 0.3) is 10.8 Å². The molecule has 37 heavy (non-hydrogen) atoms. The lowest BCUT2D eigenvalue weighted by atomic mass is 9.97. The van der Waals surface area contributed by atoms with Gasteiger partial charge in [0.05, 0.1) is 11.4 Å². The van der Waals surface area contributed by atoms with Crippen LogP contribution >= 0.6 is 11.8 Å². The number of ether oxygens (including phenoxy) is 1. The van der Waals surface area contributed by atoms with Crippen molar-refractivity contribution in [2.45, 2.75) is 17.4 Å². The fourth-order valence-corrected chi connectivity index (χ4v) is 4.27. The van der Waals surface area contributed by atoms with Crippen LogP contribution in [0.3, 0.4) is 0 Å². The molecule has 0 heterocycles. The molecule has 0 aliphatic rings. The number of nitrogens with two attached hydrogens (primary N) is 1. The molecule has 0 fully saturated rings. The summed E-state index contributed by atoms with van der Waals surface area (Å²) >= 11 is 1.61. The first kappa shape index (κ1) is 25.7. The fraction of sp³-hybridized carbons (Fsp3) is 0.103. The van der Waals surface area contributed by atoms with Gasteiger partial charge in [0.2, 0.25) is 5.91 Å². The van der Waals surface area contributed by atoms with Crippen molar-refractivity contribution in [3.05, 3.63) is 103 Å². The number of hydrogen-bond donors (Lipinski definition) is 4. The number of amides is 2. The van der Waals surface area contributed by atoms with E-state index in [9.17, 15) is 14.7 Å². The quantitative estimate of drug-likeness (QED) is 0.118. The highest BCUT2D eigenvalue weighted by Gasteiger charge is 2.19. The van der Waals surface area contributed by atoms with Crippen LogP contribution in [-0.2, 0) is 9.53 Å². The van der Waals surface area contributed by atoms with Crippen LogP contribution in [0.5, 0.6) is 5.75 Å². The van der Waals surface area contributed by atoms with E-state index < -0.39 is 12.2 Å². The number of phenols is 1. The summed E-state index contributed by atoms with van der Waals surface area (Å²) in [6.45, 7) is 0. The lowest BCUT2D eigenvalue weighted by Crippen LogP contribution is -2.18. The first-order valence-corrected chi connectivity index (χ1v) is 12.8. The van der Waals surface area contributed by atoms with E-state index in [1.165, 1.54) is 6.08 Å². The van der Waals surface area contributed by atoms with Gasteiger partial charge < -0.3 is 20.9 Å². The van der Waals surface area contributed by atoms with E-state index in [-0.39, 0.29) is 18.1 Å². The number of carbonyl (C=O) groups excluding carboxylic acids is 2. The summed E-state index contributed by atoms with van der Waals surface area (Å²) in [4.78, 5) is 26.3. The second-order valence-electron chi connectivity index (χ2n) is 8.18. The maximum absolute atomic E-state index is 12.8. The normalized spacial score (nSPS) is 11.8. The van der Waals surface area contributed by atoms with Crippen LogP contribution in [-0.4, -0.2) is 23.4 Å². The van der Waals surface area contributed by atoms with Crippen LogP contribution < -0.4 is 16.4 Å². The Morgan fingerprint density at radius 1 is 0.946 bits per heavy atom.